The van der Waals surface area contributed by atoms with Crippen LogP contribution in [0.4, 0.5) is 17.2 Å². The molecule has 0 unspecified atom stereocenters. The second-order valence-corrected chi connectivity index (χ2v) is 7.92. The van der Waals surface area contributed by atoms with Crippen LogP contribution in [0.3, 0.4) is 0 Å². The number of benzene rings is 3. The first kappa shape index (κ1) is 24.5. The molecule has 36 heavy (non-hydrogen) atoms. The van der Waals surface area contributed by atoms with Gasteiger partial charge in [0.2, 0.25) is 5.91 Å². The zero-order chi connectivity index (χ0) is 25.3. The van der Waals surface area contributed by atoms with Crippen LogP contribution in [0.2, 0.25) is 0 Å². The molecule has 0 saturated carbocycles. The van der Waals surface area contributed by atoms with Gasteiger partial charge in [0.15, 0.2) is 11.5 Å². The maximum Gasteiger partial charge on any atom is 0.248 e. The highest BCUT2D eigenvalue weighted by Crippen LogP contribution is 2.28. The molecule has 1 aromatic heterocycles. The minimum Gasteiger partial charge on any atom is -0.493 e. The van der Waals surface area contributed by atoms with Crippen LogP contribution in [0.5, 0.6) is 11.5 Å². The average molecular weight is 481 g/mol. The number of carbonyl (C=O) groups excluding carboxylic acids is 1. The zero-order valence-corrected chi connectivity index (χ0v) is 20.5. The summed E-state index contributed by atoms with van der Waals surface area (Å²) < 4.78 is 10.9. The Morgan fingerprint density at radius 3 is 2.50 bits per heavy atom. The minimum atomic E-state index is -0.246. The highest BCUT2D eigenvalue weighted by molar-refractivity contribution is 6.02. The summed E-state index contributed by atoms with van der Waals surface area (Å²) in [5, 5.41) is 6.20. The molecule has 7 nitrogen and oxygen atoms in total. The van der Waals surface area contributed by atoms with E-state index in [-0.39, 0.29) is 5.91 Å². The molecule has 0 aliphatic heterocycles. The summed E-state index contributed by atoms with van der Waals surface area (Å²) in [5.74, 6) is 2.38. The second-order valence-electron chi connectivity index (χ2n) is 7.92. The standard InChI is InChI=1S/C29H28N4O3/c1-4-36-26-15-13-21(17-27(26)35-3)14-16-29(34)33-24-12-8-11-23(18-24)32-28-19-25(30-20(2)31-28)22-9-6-5-7-10-22/h5-19H,4H2,1-3H3,(H,33,34)(H,30,31,32)/b16-14+. The van der Waals surface area contributed by atoms with Crippen LogP contribution in [0, 0.1) is 6.92 Å². The van der Waals surface area contributed by atoms with Crippen molar-refractivity contribution in [1.29, 1.82) is 0 Å². The van der Waals surface area contributed by atoms with E-state index in [0.717, 1.165) is 22.5 Å². The van der Waals surface area contributed by atoms with Gasteiger partial charge in [-0.2, -0.15) is 0 Å². The van der Waals surface area contributed by atoms with Gasteiger partial charge in [0.05, 0.1) is 19.4 Å². The molecule has 0 saturated heterocycles. The first-order valence-electron chi connectivity index (χ1n) is 11.6. The fourth-order valence-electron chi connectivity index (χ4n) is 3.63. The first-order valence-corrected chi connectivity index (χ1v) is 11.6. The molecule has 0 aliphatic carbocycles. The SMILES string of the molecule is CCOc1ccc(/C=C/C(=O)Nc2cccc(Nc3cc(-c4ccccc4)nc(C)n3)c2)cc1OC. The molecule has 4 rings (SSSR count). The Hall–Kier alpha value is -4.65. The number of rotatable bonds is 9. The molecule has 0 spiro atoms. The van der Waals surface area contributed by atoms with E-state index in [2.05, 4.69) is 20.6 Å². The van der Waals surface area contributed by atoms with Gasteiger partial charge in [-0.15, -0.1) is 0 Å². The van der Waals surface area contributed by atoms with Crippen molar-refractivity contribution >= 4 is 29.2 Å². The molecule has 1 heterocycles. The highest BCUT2D eigenvalue weighted by Gasteiger charge is 2.07. The number of methoxy groups -OCH3 is 1. The lowest BCUT2D eigenvalue weighted by Crippen LogP contribution is -2.08. The summed E-state index contributed by atoms with van der Waals surface area (Å²) in [7, 11) is 1.59. The van der Waals surface area contributed by atoms with Crippen molar-refractivity contribution in [2.24, 2.45) is 0 Å². The molecule has 3 aromatic carbocycles. The van der Waals surface area contributed by atoms with Crippen LogP contribution >= 0.6 is 0 Å². The minimum absolute atomic E-state index is 0.246. The van der Waals surface area contributed by atoms with Gasteiger partial charge >= 0.3 is 0 Å². The number of anilines is 3. The average Bonchev–Trinajstić information content (AvgIpc) is 2.88. The third-order valence-electron chi connectivity index (χ3n) is 5.22. The summed E-state index contributed by atoms with van der Waals surface area (Å²) >= 11 is 0. The maximum absolute atomic E-state index is 12.5. The van der Waals surface area contributed by atoms with Crippen LogP contribution < -0.4 is 20.1 Å². The lowest BCUT2D eigenvalue weighted by atomic mass is 10.1. The fourth-order valence-corrected chi connectivity index (χ4v) is 3.63. The van der Waals surface area contributed by atoms with Crippen molar-refractivity contribution in [2.75, 3.05) is 24.4 Å². The molecule has 2 N–H and O–H groups in total. The summed E-state index contributed by atoms with van der Waals surface area (Å²) in [5.41, 5.74) is 4.14. The summed E-state index contributed by atoms with van der Waals surface area (Å²) in [6.07, 6.45) is 3.21. The first-order chi connectivity index (χ1) is 17.5. The van der Waals surface area contributed by atoms with E-state index >= 15 is 0 Å². The van der Waals surface area contributed by atoms with E-state index in [1.165, 1.54) is 6.08 Å². The third kappa shape index (κ3) is 6.48. The van der Waals surface area contributed by atoms with E-state index < -0.39 is 0 Å². The largest absolute Gasteiger partial charge is 0.493 e. The number of carbonyl (C=O) groups is 1. The third-order valence-corrected chi connectivity index (χ3v) is 5.22. The second kappa shape index (κ2) is 11.7. The normalized spacial score (nSPS) is 10.8. The van der Waals surface area contributed by atoms with Crippen molar-refractivity contribution < 1.29 is 14.3 Å². The van der Waals surface area contributed by atoms with Crippen molar-refractivity contribution in [1.82, 2.24) is 9.97 Å². The number of amides is 1. The number of hydrogen-bond acceptors (Lipinski definition) is 6. The summed E-state index contributed by atoms with van der Waals surface area (Å²) in [6, 6.07) is 24.8. The smallest absolute Gasteiger partial charge is 0.248 e. The molecular weight excluding hydrogens is 452 g/mol. The summed E-state index contributed by atoms with van der Waals surface area (Å²) in [6.45, 7) is 4.33. The van der Waals surface area contributed by atoms with Crippen molar-refractivity contribution in [3.8, 4) is 22.8 Å². The maximum atomic E-state index is 12.5. The van der Waals surface area contributed by atoms with Crippen LogP contribution in [0.1, 0.15) is 18.3 Å². The van der Waals surface area contributed by atoms with E-state index in [1.54, 1.807) is 13.2 Å². The number of hydrogen-bond donors (Lipinski definition) is 2. The lowest BCUT2D eigenvalue weighted by Gasteiger charge is -2.11. The van der Waals surface area contributed by atoms with Gasteiger partial charge in [0.25, 0.3) is 0 Å². The van der Waals surface area contributed by atoms with Crippen molar-refractivity contribution in [3.63, 3.8) is 0 Å². The Balaban J connectivity index is 1.44. The Morgan fingerprint density at radius 1 is 0.917 bits per heavy atom. The van der Waals surface area contributed by atoms with Gasteiger partial charge in [-0.25, -0.2) is 9.97 Å². The van der Waals surface area contributed by atoms with E-state index in [9.17, 15) is 4.79 Å². The molecule has 0 aliphatic rings. The highest BCUT2D eigenvalue weighted by atomic mass is 16.5. The van der Waals surface area contributed by atoms with Gasteiger partial charge in [-0.1, -0.05) is 42.5 Å². The molecule has 0 radical (unpaired) electrons. The topological polar surface area (TPSA) is 85.4 Å². The van der Waals surface area contributed by atoms with E-state index in [0.29, 0.717) is 35.4 Å². The predicted octanol–water partition coefficient (Wildman–Crippen LogP) is 6.25. The fraction of sp³-hybridized carbons (Fsp3) is 0.138. The molecule has 7 heteroatoms. The summed E-state index contributed by atoms with van der Waals surface area (Å²) in [4.78, 5) is 21.6. The molecular formula is C29H28N4O3. The van der Waals surface area contributed by atoms with E-state index in [4.69, 9.17) is 9.47 Å². The Kier molecular flexibility index (Phi) is 7.93. The molecule has 182 valence electrons. The van der Waals surface area contributed by atoms with Crippen LogP contribution in [0.25, 0.3) is 17.3 Å². The number of nitrogens with zero attached hydrogens (tertiary/aromatic N) is 2. The Labute approximate surface area is 210 Å². The molecule has 4 aromatic rings. The number of ether oxygens (including phenoxy) is 2. The van der Waals surface area contributed by atoms with Crippen LogP contribution in [-0.4, -0.2) is 29.6 Å². The van der Waals surface area contributed by atoms with Crippen molar-refractivity contribution in [2.45, 2.75) is 13.8 Å². The lowest BCUT2D eigenvalue weighted by molar-refractivity contribution is -0.111. The molecule has 0 bridgehead atoms. The quantitative estimate of drug-likeness (QED) is 0.275. The monoisotopic (exact) mass is 480 g/mol. The number of aryl methyl sites for hydroxylation is 1. The molecule has 0 atom stereocenters. The van der Waals surface area contributed by atoms with Crippen LogP contribution in [-0.2, 0) is 4.79 Å². The number of nitrogens with one attached hydrogen (secondary N) is 2. The van der Waals surface area contributed by atoms with Crippen LogP contribution in [0.15, 0.2) is 84.9 Å². The predicted molar refractivity (Wildman–Crippen MR) is 144 cm³/mol. The number of aromatic nitrogens is 2. The molecule has 1 amide bonds. The van der Waals surface area contributed by atoms with E-state index in [1.807, 2.05) is 92.7 Å². The molecule has 0 fully saturated rings. The van der Waals surface area contributed by atoms with Gasteiger partial charge in [0.1, 0.15) is 11.6 Å². The Bertz CT molecular complexity index is 1370. The van der Waals surface area contributed by atoms with Gasteiger partial charge in [-0.3, -0.25) is 4.79 Å². The van der Waals surface area contributed by atoms with Gasteiger partial charge in [-0.05, 0) is 55.8 Å². The van der Waals surface area contributed by atoms with Gasteiger partial charge < -0.3 is 20.1 Å². The van der Waals surface area contributed by atoms with Crippen molar-refractivity contribution in [3.05, 3.63) is 96.3 Å². The van der Waals surface area contributed by atoms with Gasteiger partial charge in [0, 0.05) is 29.1 Å². The Morgan fingerprint density at radius 2 is 1.72 bits per heavy atom. The zero-order valence-electron chi connectivity index (χ0n) is 20.5.